The maximum Gasteiger partial charge on any atom is 0.243 e. The molecule has 1 N–H and O–H groups in total. The zero-order valence-electron chi connectivity index (χ0n) is 10.1. The smallest absolute Gasteiger partial charge is 0.243 e. The quantitative estimate of drug-likeness (QED) is 0.832. The Kier molecular flexibility index (Phi) is 3.69. The molecule has 1 aromatic carbocycles. The van der Waals surface area contributed by atoms with Crippen molar-refractivity contribution in [1.29, 1.82) is 0 Å². The van der Waals surface area contributed by atoms with Gasteiger partial charge < -0.3 is 10.2 Å². The summed E-state index contributed by atoms with van der Waals surface area (Å²) in [6.07, 6.45) is 0. The van der Waals surface area contributed by atoms with Gasteiger partial charge in [-0.2, -0.15) is 0 Å². The number of halogens is 1. The summed E-state index contributed by atoms with van der Waals surface area (Å²) in [6.45, 7) is 5.58. The molecule has 4 heteroatoms. The molecule has 17 heavy (non-hydrogen) atoms. The standard InChI is InChI=1S/C13H17ClN2O/c1-9-7-15-10(2)13(17)16(8-9)12-6-4-3-5-11(12)14/h3-6,9-10,15H,7-8H2,1-2H3. The Morgan fingerprint density at radius 3 is 2.76 bits per heavy atom. The third kappa shape index (κ3) is 2.61. The molecule has 1 amide bonds. The number of carbonyl (C=O) groups is 1. The van der Waals surface area contributed by atoms with E-state index in [0.717, 1.165) is 12.2 Å². The number of anilines is 1. The summed E-state index contributed by atoms with van der Waals surface area (Å²) in [4.78, 5) is 14.0. The van der Waals surface area contributed by atoms with Crippen molar-refractivity contribution in [3.8, 4) is 0 Å². The SMILES string of the molecule is CC1CNC(C)C(=O)N(c2ccccc2Cl)C1. The summed E-state index contributed by atoms with van der Waals surface area (Å²) < 4.78 is 0. The number of carbonyl (C=O) groups excluding carboxylic acids is 1. The number of nitrogens with zero attached hydrogens (tertiary/aromatic N) is 1. The van der Waals surface area contributed by atoms with Gasteiger partial charge >= 0.3 is 0 Å². The predicted molar refractivity (Wildman–Crippen MR) is 70.4 cm³/mol. The van der Waals surface area contributed by atoms with Gasteiger partial charge in [0.1, 0.15) is 0 Å². The highest BCUT2D eigenvalue weighted by Crippen LogP contribution is 2.27. The summed E-state index contributed by atoms with van der Waals surface area (Å²) in [5, 5.41) is 3.86. The van der Waals surface area contributed by atoms with E-state index in [1.807, 2.05) is 31.2 Å². The van der Waals surface area contributed by atoms with Crippen LogP contribution in [0.1, 0.15) is 13.8 Å². The van der Waals surface area contributed by atoms with Crippen LogP contribution in [-0.4, -0.2) is 25.0 Å². The van der Waals surface area contributed by atoms with E-state index in [9.17, 15) is 4.79 Å². The first-order valence-corrected chi connectivity index (χ1v) is 6.26. The molecule has 3 nitrogen and oxygen atoms in total. The Morgan fingerprint density at radius 1 is 1.35 bits per heavy atom. The van der Waals surface area contributed by atoms with Crippen LogP contribution < -0.4 is 10.2 Å². The third-order valence-corrected chi connectivity index (χ3v) is 3.37. The van der Waals surface area contributed by atoms with Crippen molar-refractivity contribution in [3.05, 3.63) is 29.3 Å². The highest BCUT2D eigenvalue weighted by molar-refractivity contribution is 6.33. The summed E-state index contributed by atoms with van der Waals surface area (Å²) >= 11 is 6.16. The van der Waals surface area contributed by atoms with Gasteiger partial charge in [0.25, 0.3) is 0 Å². The van der Waals surface area contributed by atoms with Gasteiger partial charge in [-0.25, -0.2) is 0 Å². The topological polar surface area (TPSA) is 32.3 Å². The van der Waals surface area contributed by atoms with Gasteiger partial charge in [0, 0.05) is 13.1 Å². The van der Waals surface area contributed by atoms with Gasteiger partial charge in [-0.1, -0.05) is 30.7 Å². The molecule has 0 aliphatic carbocycles. The zero-order valence-corrected chi connectivity index (χ0v) is 10.9. The lowest BCUT2D eigenvalue weighted by molar-refractivity contribution is -0.119. The number of amides is 1. The van der Waals surface area contributed by atoms with E-state index in [1.54, 1.807) is 4.90 Å². The highest BCUT2D eigenvalue weighted by Gasteiger charge is 2.28. The largest absolute Gasteiger partial charge is 0.309 e. The molecular weight excluding hydrogens is 236 g/mol. The highest BCUT2D eigenvalue weighted by atomic mass is 35.5. The van der Waals surface area contributed by atoms with Gasteiger partial charge in [-0.05, 0) is 25.0 Å². The third-order valence-electron chi connectivity index (χ3n) is 3.05. The molecule has 0 spiro atoms. The van der Waals surface area contributed by atoms with Crippen LogP contribution in [0.3, 0.4) is 0 Å². The van der Waals surface area contributed by atoms with Crippen LogP contribution in [0.5, 0.6) is 0 Å². The van der Waals surface area contributed by atoms with Crippen molar-refractivity contribution in [3.63, 3.8) is 0 Å². The van der Waals surface area contributed by atoms with E-state index >= 15 is 0 Å². The maximum atomic E-state index is 12.2. The van der Waals surface area contributed by atoms with E-state index in [-0.39, 0.29) is 11.9 Å². The van der Waals surface area contributed by atoms with E-state index in [4.69, 9.17) is 11.6 Å². The van der Waals surface area contributed by atoms with Crippen LogP contribution in [-0.2, 0) is 4.79 Å². The number of para-hydroxylation sites is 1. The first-order chi connectivity index (χ1) is 8.09. The van der Waals surface area contributed by atoms with Crippen LogP contribution in [0.25, 0.3) is 0 Å². The van der Waals surface area contributed by atoms with Crippen LogP contribution in [0.4, 0.5) is 5.69 Å². The molecule has 0 aromatic heterocycles. The van der Waals surface area contributed by atoms with Gasteiger partial charge in [0.2, 0.25) is 5.91 Å². The molecule has 92 valence electrons. The minimum atomic E-state index is -0.156. The van der Waals surface area contributed by atoms with E-state index in [0.29, 0.717) is 17.5 Å². The Morgan fingerprint density at radius 2 is 2.06 bits per heavy atom. The predicted octanol–water partition coefficient (Wildman–Crippen LogP) is 2.30. The normalized spacial score (nSPS) is 25.8. The second kappa shape index (κ2) is 5.07. The van der Waals surface area contributed by atoms with Crippen LogP contribution >= 0.6 is 11.6 Å². The molecule has 0 radical (unpaired) electrons. The number of rotatable bonds is 1. The molecule has 1 aliphatic rings. The van der Waals surface area contributed by atoms with Crippen LogP contribution in [0, 0.1) is 5.92 Å². The van der Waals surface area contributed by atoms with Crippen molar-refractivity contribution < 1.29 is 4.79 Å². The van der Waals surface area contributed by atoms with Gasteiger partial charge in [0.15, 0.2) is 0 Å². The fourth-order valence-corrected chi connectivity index (χ4v) is 2.29. The minimum absolute atomic E-state index is 0.0856. The molecule has 0 bridgehead atoms. The zero-order chi connectivity index (χ0) is 12.4. The van der Waals surface area contributed by atoms with Crippen molar-refractivity contribution >= 4 is 23.2 Å². The van der Waals surface area contributed by atoms with Crippen molar-refractivity contribution in [2.24, 2.45) is 5.92 Å². The minimum Gasteiger partial charge on any atom is -0.309 e. The molecular formula is C13H17ClN2O. The average Bonchev–Trinajstić information content (AvgIpc) is 2.44. The fraction of sp³-hybridized carbons (Fsp3) is 0.462. The summed E-state index contributed by atoms with van der Waals surface area (Å²) in [5.74, 6) is 0.502. The first-order valence-electron chi connectivity index (χ1n) is 5.89. The van der Waals surface area contributed by atoms with E-state index in [1.165, 1.54) is 0 Å². The second-order valence-corrected chi connectivity index (χ2v) is 5.04. The number of nitrogens with one attached hydrogen (secondary N) is 1. The number of benzene rings is 1. The summed E-state index contributed by atoms with van der Waals surface area (Å²) in [5.41, 5.74) is 0.807. The van der Waals surface area contributed by atoms with Crippen LogP contribution in [0.2, 0.25) is 5.02 Å². The van der Waals surface area contributed by atoms with Crippen molar-refractivity contribution in [2.45, 2.75) is 19.9 Å². The fourth-order valence-electron chi connectivity index (χ4n) is 2.05. The molecule has 1 aromatic rings. The van der Waals surface area contributed by atoms with Crippen LogP contribution in [0.15, 0.2) is 24.3 Å². The molecule has 1 fully saturated rings. The lowest BCUT2D eigenvalue weighted by Crippen LogP contribution is -2.41. The number of hydrogen-bond donors (Lipinski definition) is 1. The number of hydrogen-bond acceptors (Lipinski definition) is 2. The first kappa shape index (κ1) is 12.4. The summed E-state index contributed by atoms with van der Waals surface area (Å²) in [6, 6.07) is 7.33. The van der Waals surface area contributed by atoms with Gasteiger partial charge in [-0.15, -0.1) is 0 Å². The molecule has 1 heterocycles. The van der Waals surface area contributed by atoms with Crippen molar-refractivity contribution in [2.75, 3.05) is 18.0 Å². The average molecular weight is 253 g/mol. The maximum absolute atomic E-state index is 12.2. The Labute approximate surface area is 107 Å². The lowest BCUT2D eigenvalue weighted by atomic mass is 10.1. The monoisotopic (exact) mass is 252 g/mol. The Hall–Kier alpha value is -1.06. The second-order valence-electron chi connectivity index (χ2n) is 4.64. The Balaban J connectivity index is 2.34. The molecule has 0 saturated carbocycles. The van der Waals surface area contributed by atoms with E-state index < -0.39 is 0 Å². The van der Waals surface area contributed by atoms with Crippen molar-refractivity contribution in [1.82, 2.24) is 5.32 Å². The molecule has 2 rings (SSSR count). The summed E-state index contributed by atoms with van der Waals surface area (Å²) in [7, 11) is 0. The van der Waals surface area contributed by atoms with E-state index in [2.05, 4.69) is 12.2 Å². The molecule has 1 aliphatic heterocycles. The molecule has 2 unspecified atom stereocenters. The molecule has 2 atom stereocenters. The van der Waals surface area contributed by atoms with Gasteiger partial charge in [0.05, 0.1) is 16.8 Å². The molecule has 1 saturated heterocycles. The Bertz CT molecular complexity index is 422. The van der Waals surface area contributed by atoms with Gasteiger partial charge in [-0.3, -0.25) is 4.79 Å². The lowest BCUT2D eigenvalue weighted by Gasteiger charge is -2.25.